The largest absolute Gasteiger partial charge is 0.378 e. The summed E-state index contributed by atoms with van der Waals surface area (Å²) in [4.78, 5) is 19.3. The SMILES string of the molecule is O=C(CCc1c(-c2ccc(Br)cc2)nc2ccccn12)N1CCOCC1. The number of benzene rings is 1. The molecule has 26 heavy (non-hydrogen) atoms. The highest BCUT2D eigenvalue weighted by molar-refractivity contribution is 9.10. The van der Waals surface area contributed by atoms with E-state index in [-0.39, 0.29) is 5.91 Å². The van der Waals surface area contributed by atoms with E-state index in [1.54, 1.807) is 0 Å². The van der Waals surface area contributed by atoms with Crippen molar-refractivity contribution in [1.82, 2.24) is 14.3 Å². The molecule has 1 saturated heterocycles. The van der Waals surface area contributed by atoms with E-state index in [1.165, 1.54) is 0 Å². The van der Waals surface area contributed by atoms with Crippen LogP contribution in [0.15, 0.2) is 53.1 Å². The molecule has 0 bridgehead atoms. The number of imidazole rings is 1. The third kappa shape index (κ3) is 3.52. The van der Waals surface area contributed by atoms with Gasteiger partial charge < -0.3 is 14.0 Å². The lowest BCUT2D eigenvalue weighted by molar-refractivity contribution is -0.135. The van der Waals surface area contributed by atoms with E-state index in [1.807, 2.05) is 41.4 Å². The Hall–Kier alpha value is -2.18. The van der Waals surface area contributed by atoms with E-state index in [2.05, 4.69) is 32.5 Å². The van der Waals surface area contributed by atoms with E-state index < -0.39 is 0 Å². The molecule has 6 heteroatoms. The molecule has 0 spiro atoms. The normalized spacial score (nSPS) is 14.7. The number of amides is 1. The lowest BCUT2D eigenvalue weighted by Crippen LogP contribution is -2.40. The summed E-state index contributed by atoms with van der Waals surface area (Å²) in [5.74, 6) is 0.181. The van der Waals surface area contributed by atoms with Crippen LogP contribution in [0.4, 0.5) is 0 Å². The van der Waals surface area contributed by atoms with Crippen LogP contribution in [-0.2, 0) is 16.0 Å². The number of halogens is 1. The second kappa shape index (κ2) is 7.60. The molecule has 5 nitrogen and oxygen atoms in total. The minimum atomic E-state index is 0.181. The van der Waals surface area contributed by atoms with Crippen LogP contribution in [0.25, 0.3) is 16.9 Å². The van der Waals surface area contributed by atoms with Gasteiger partial charge in [-0.2, -0.15) is 0 Å². The average Bonchev–Trinajstić information content (AvgIpc) is 3.06. The van der Waals surface area contributed by atoms with Gasteiger partial charge in [0.2, 0.25) is 5.91 Å². The molecule has 0 N–H and O–H groups in total. The zero-order chi connectivity index (χ0) is 17.9. The third-order valence-corrected chi connectivity index (χ3v) is 5.21. The van der Waals surface area contributed by atoms with Gasteiger partial charge in [0.15, 0.2) is 0 Å². The van der Waals surface area contributed by atoms with Crippen molar-refractivity contribution in [2.45, 2.75) is 12.8 Å². The summed E-state index contributed by atoms with van der Waals surface area (Å²) in [6.07, 6.45) is 3.15. The number of morpholine rings is 1. The van der Waals surface area contributed by atoms with Crippen molar-refractivity contribution in [3.63, 3.8) is 0 Å². The minimum Gasteiger partial charge on any atom is -0.378 e. The molecule has 1 aliphatic rings. The predicted octanol–water partition coefficient (Wildman–Crippen LogP) is 3.56. The van der Waals surface area contributed by atoms with Gasteiger partial charge in [0, 0.05) is 35.7 Å². The molecule has 2 aromatic heterocycles. The molecular weight excluding hydrogens is 394 g/mol. The third-order valence-electron chi connectivity index (χ3n) is 4.69. The van der Waals surface area contributed by atoms with Crippen molar-refractivity contribution in [2.24, 2.45) is 0 Å². The van der Waals surface area contributed by atoms with Crippen LogP contribution >= 0.6 is 15.9 Å². The Morgan fingerprint density at radius 3 is 2.65 bits per heavy atom. The highest BCUT2D eigenvalue weighted by Gasteiger charge is 2.19. The van der Waals surface area contributed by atoms with E-state index in [4.69, 9.17) is 9.72 Å². The average molecular weight is 414 g/mol. The molecule has 134 valence electrons. The Kier molecular flexibility index (Phi) is 5.04. The molecule has 1 amide bonds. The molecule has 0 unspecified atom stereocenters. The number of hydrogen-bond acceptors (Lipinski definition) is 3. The number of nitrogens with zero attached hydrogens (tertiary/aromatic N) is 3. The van der Waals surface area contributed by atoms with Crippen LogP contribution in [0, 0.1) is 0 Å². The van der Waals surface area contributed by atoms with Gasteiger partial charge in [0.1, 0.15) is 5.65 Å². The number of hydrogen-bond donors (Lipinski definition) is 0. The fraction of sp³-hybridized carbons (Fsp3) is 0.300. The maximum Gasteiger partial charge on any atom is 0.223 e. The first-order chi connectivity index (χ1) is 12.7. The Balaban J connectivity index is 1.63. The van der Waals surface area contributed by atoms with E-state index in [0.29, 0.717) is 39.1 Å². The summed E-state index contributed by atoms with van der Waals surface area (Å²) >= 11 is 3.48. The summed E-state index contributed by atoms with van der Waals surface area (Å²) in [6, 6.07) is 14.1. The molecule has 0 aliphatic carbocycles. The smallest absolute Gasteiger partial charge is 0.223 e. The molecule has 1 fully saturated rings. The fourth-order valence-electron chi connectivity index (χ4n) is 3.32. The molecule has 3 aromatic rings. The minimum absolute atomic E-state index is 0.181. The lowest BCUT2D eigenvalue weighted by atomic mass is 10.1. The Bertz CT molecular complexity index is 914. The van der Waals surface area contributed by atoms with Gasteiger partial charge in [-0.25, -0.2) is 4.98 Å². The Morgan fingerprint density at radius 1 is 1.12 bits per heavy atom. The molecule has 4 rings (SSSR count). The van der Waals surface area contributed by atoms with Gasteiger partial charge in [-0.15, -0.1) is 0 Å². The number of aryl methyl sites for hydroxylation is 1. The molecule has 0 radical (unpaired) electrons. The summed E-state index contributed by atoms with van der Waals surface area (Å²) in [5, 5.41) is 0. The first kappa shape index (κ1) is 17.2. The molecule has 3 heterocycles. The van der Waals surface area contributed by atoms with Gasteiger partial charge >= 0.3 is 0 Å². The standard InChI is InChI=1S/C20H20BrN3O2/c21-16-6-4-15(5-7-16)20-17(24-10-2-1-3-18(24)22-20)8-9-19(25)23-11-13-26-14-12-23/h1-7,10H,8-9,11-14H2. The number of carbonyl (C=O) groups is 1. The first-order valence-corrected chi connectivity index (χ1v) is 9.59. The van der Waals surface area contributed by atoms with Crippen molar-refractivity contribution in [3.8, 4) is 11.3 Å². The summed E-state index contributed by atoms with van der Waals surface area (Å²) in [5.41, 5.74) is 3.98. The Morgan fingerprint density at radius 2 is 1.88 bits per heavy atom. The second-order valence-electron chi connectivity index (χ2n) is 6.34. The van der Waals surface area contributed by atoms with Crippen molar-refractivity contribution in [1.29, 1.82) is 0 Å². The van der Waals surface area contributed by atoms with Crippen LogP contribution in [0.5, 0.6) is 0 Å². The number of aromatic nitrogens is 2. The van der Waals surface area contributed by atoms with Crippen LogP contribution < -0.4 is 0 Å². The predicted molar refractivity (Wildman–Crippen MR) is 104 cm³/mol. The molecule has 0 atom stereocenters. The maximum atomic E-state index is 12.6. The summed E-state index contributed by atoms with van der Waals surface area (Å²) < 4.78 is 8.46. The highest BCUT2D eigenvalue weighted by atomic mass is 79.9. The van der Waals surface area contributed by atoms with Gasteiger partial charge in [0.05, 0.1) is 24.6 Å². The monoisotopic (exact) mass is 413 g/mol. The fourth-order valence-corrected chi connectivity index (χ4v) is 3.58. The quantitative estimate of drug-likeness (QED) is 0.656. The molecular formula is C20H20BrN3O2. The topological polar surface area (TPSA) is 46.8 Å². The van der Waals surface area contributed by atoms with Gasteiger partial charge in [0.25, 0.3) is 0 Å². The van der Waals surface area contributed by atoms with E-state index in [0.717, 1.165) is 27.1 Å². The maximum absolute atomic E-state index is 12.6. The first-order valence-electron chi connectivity index (χ1n) is 8.80. The number of fused-ring (bicyclic) bond motifs is 1. The van der Waals surface area contributed by atoms with Crippen LogP contribution in [-0.4, -0.2) is 46.5 Å². The van der Waals surface area contributed by atoms with Crippen molar-refractivity contribution in [3.05, 3.63) is 58.8 Å². The number of ether oxygens (including phenoxy) is 1. The molecule has 1 aliphatic heterocycles. The second-order valence-corrected chi connectivity index (χ2v) is 7.25. The number of pyridine rings is 1. The van der Waals surface area contributed by atoms with E-state index >= 15 is 0 Å². The van der Waals surface area contributed by atoms with Gasteiger partial charge in [-0.3, -0.25) is 4.79 Å². The molecule has 1 aromatic carbocycles. The number of carbonyl (C=O) groups excluding carboxylic acids is 1. The number of rotatable bonds is 4. The molecule has 0 saturated carbocycles. The summed E-state index contributed by atoms with van der Waals surface area (Å²) in [6.45, 7) is 2.63. The Labute approximate surface area is 160 Å². The highest BCUT2D eigenvalue weighted by Crippen LogP contribution is 2.27. The van der Waals surface area contributed by atoms with Crippen molar-refractivity contribution >= 4 is 27.5 Å². The summed E-state index contributed by atoms with van der Waals surface area (Å²) in [7, 11) is 0. The van der Waals surface area contributed by atoms with Crippen LogP contribution in [0.2, 0.25) is 0 Å². The zero-order valence-electron chi connectivity index (χ0n) is 14.4. The van der Waals surface area contributed by atoms with Crippen molar-refractivity contribution < 1.29 is 9.53 Å². The van der Waals surface area contributed by atoms with Gasteiger partial charge in [-0.1, -0.05) is 34.1 Å². The lowest BCUT2D eigenvalue weighted by Gasteiger charge is -2.26. The van der Waals surface area contributed by atoms with Crippen molar-refractivity contribution in [2.75, 3.05) is 26.3 Å². The van der Waals surface area contributed by atoms with Gasteiger partial charge in [-0.05, 0) is 30.7 Å². The van der Waals surface area contributed by atoms with Crippen LogP contribution in [0.1, 0.15) is 12.1 Å². The zero-order valence-corrected chi connectivity index (χ0v) is 16.0. The van der Waals surface area contributed by atoms with E-state index in [9.17, 15) is 4.79 Å². The van der Waals surface area contributed by atoms with Crippen LogP contribution in [0.3, 0.4) is 0 Å².